The average molecular weight is 195 g/mol. The van der Waals surface area contributed by atoms with Crippen LogP contribution in [-0.2, 0) is 11.3 Å². The van der Waals surface area contributed by atoms with Crippen LogP contribution in [0.5, 0.6) is 0 Å². The quantitative estimate of drug-likeness (QED) is 0.665. The molecule has 1 aromatic rings. The SMILES string of the molecule is CC(=O)c1ncn(CC2CCCO2)n1. The number of carbonyl (C=O) groups excluding carboxylic acids is 1. The van der Waals surface area contributed by atoms with E-state index in [0.29, 0.717) is 6.54 Å². The van der Waals surface area contributed by atoms with Crippen LogP contribution in [0.25, 0.3) is 0 Å². The Labute approximate surface area is 82.1 Å². The molecule has 1 aromatic heterocycles. The first-order valence-electron chi connectivity index (χ1n) is 4.77. The maximum Gasteiger partial charge on any atom is 0.216 e. The van der Waals surface area contributed by atoms with Gasteiger partial charge in [0.05, 0.1) is 12.6 Å². The van der Waals surface area contributed by atoms with Gasteiger partial charge in [0.15, 0.2) is 5.78 Å². The number of carbonyl (C=O) groups is 1. The Hall–Kier alpha value is -1.23. The molecule has 0 radical (unpaired) electrons. The van der Waals surface area contributed by atoms with Crippen molar-refractivity contribution in [2.45, 2.75) is 32.4 Å². The summed E-state index contributed by atoms with van der Waals surface area (Å²) < 4.78 is 7.13. The van der Waals surface area contributed by atoms with Crippen molar-refractivity contribution >= 4 is 5.78 Å². The topological polar surface area (TPSA) is 57.0 Å². The van der Waals surface area contributed by atoms with Crippen molar-refractivity contribution < 1.29 is 9.53 Å². The zero-order valence-corrected chi connectivity index (χ0v) is 8.14. The van der Waals surface area contributed by atoms with Crippen molar-refractivity contribution in [2.75, 3.05) is 6.61 Å². The van der Waals surface area contributed by atoms with Crippen LogP contribution in [0.2, 0.25) is 0 Å². The Morgan fingerprint density at radius 2 is 2.64 bits per heavy atom. The Morgan fingerprint density at radius 3 is 3.21 bits per heavy atom. The molecule has 2 heterocycles. The van der Waals surface area contributed by atoms with Crippen LogP contribution in [-0.4, -0.2) is 33.3 Å². The number of nitrogens with zero attached hydrogens (tertiary/aromatic N) is 3. The molecule has 0 N–H and O–H groups in total. The van der Waals surface area contributed by atoms with Crippen molar-refractivity contribution in [3.63, 3.8) is 0 Å². The van der Waals surface area contributed by atoms with E-state index >= 15 is 0 Å². The van der Waals surface area contributed by atoms with Gasteiger partial charge in [0.25, 0.3) is 0 Å². The van der Waals surface area contributed by atoms with Gasteiger partial charge in [0, 0.05) is 13.5 Å². The fraction of sp³-hybridized carbons (Fsp3) is 0.667. The molecule has 1 aliphatic heterocycles. The van der Waals surface area contributed by atoms with Gasteiger partial charge in [-0.15, -0.1) is 5.10 Å². The smallest absolute Gasteiger partial charge is 0.216 e. The summed E-state index contributed by atoms with van der Waals surface area (Å²) in [5, 5.41) is 4.05. The zero-order chi connectivity index (χ0) is 9.97. The van der Waals surface area contributed by atoms with Crippen molar-refractivity contribution in [3.8, 4) is 0 Å². The Morgan fingerprint density at radius 1 is 1.79 bits per heavy atom. The average Bonchev–Trinajstić information content (AvgIpc) is 2.75. The van der Waals surface area contributed by atoms with E-state index in [0.717, 1.165) is 19.4 Å². The van der Waals surface area contributed by atoms with Crippen LogP contribution in [0.3, 0.4) is 0 Å². The molecule has 0 saturated carbocycles. The minimum Gasteiger partial charge on any atom is -0.376 e. The van der Waals surface area contributed by atoms with E-state index in [9.17, 15) is 4.79 Å². The van der Waals surface area contributed by atoms with Crippen molar-refractivity contribution in [2.24, 2.45) is 0 Å². The third kappa shape index (κ3) is 1.98. The molecule has 1 aliphatic rings. The lowest BCUT2D eigenvalue weighted by atomic mass is 10.2. The van der Waals surface area contributed by atoms with E-state index < -0.39 is 0 Å². The van der Waals surface area contributed by atoms with E-state index in [2.05, 4.69) is 10.1 Å². The first-order valence-corrected chi connectivity index (χ1v) is 4.77. The summed E-state index contributed by atoms with van der Waals surface area (Å²) in [6.07, 6.45) is 3.99. The van der Waals surface area contributed by atoms with Crippen LogP contribution < -0.4 is 0 Å². The highest BCUT2D eigenvalue weighted by atomic mass is 16.5. The van der Waals surface area contributed by atoms with Crippen molar-refractivity contribution in [3.05, 3.63) is 12.2 Å². The number of aromatic nitrogens is 3. The van der Waals surface area contributed by atoms with Gasteiger partial charge in [-0.25, -0.2) is 9.67 Å². The maximum absolute atomic E-state index is 10.9. The van der Waals surface area contributed by atoms with E-state index in [1.807, 2.05) is 0 Å². The molecule has 5 heteroatoms. The lowest BCUT2D eigenvalue weighted by molar-refractivity contribution is 0.0929. The predicted octanol–water partition coefficient (Wildman–Crippen LogP) is 0.660. The lowest BCUT2D eigenvalue weighted by Crippen LogP contribution is -2.15. The summed E-state index contributed by atoms with van der Waals surface area (Å²) in [6, 6.07) is 0. The molecule has 0 aromatic carbocycles. The minimum atomic E-state index is -0.101. The third-order valence-corrected chi connectivity index (χ3v) is 2.27. The monoisotopic (exact) mass is 195 g/mol. The fourth-order valence-corrected chi connectivity index (χ4v) is 1.54. The summed E-state index contributed by atoms with van der Waals surface area (Å²) in [5.74, 6) is 0.180. The van der Waals surface area contributed by atoms with Gasteiger partial charge in [0.1, 0.15) is 6.33 Å². The summed E-state index contributed by atoms with van der Waals surface area (Å²) in [7, 11) is 0. The highest BCUT2D eigenvalue weighted by molar-refractivity contribution is 5.89. The van der Waals surface area contributed by atoms with E-state index in [4.69, 9.17) is 4.74 Å². The summed E-state index contributed by atoms with van der Waals surface area (Å²) >= 11 is 0. The van der Waals surface area contributed by atoms with Gasteiger partial charge in [0.2, 0.25) is 5.82 Å². The number of Topliss-reactive ketones (excluding diaryl/α,β-unsaturated/α-hetero) is 1. The molecule has 1 atom stereocenters. The summed E-state index contributed by atoms with van der Waals surface area (Å²) in [5.41, 5.74) is 0. The minimum absolute atomic E-state index is 0.101. The molecule has 0 amide bonds. The number of rotatable bonds is 3. The molecule has 2 rings (SSSR count). The van der Waals surface area contributed by atoms with Gasteiger partial charge >= 0.3 is 0 Å². The molecule has 76 valence electrons. The lowest BCUT2D eigenvalue weighted by Gasteiger charge is -2.07. The zero-order valence-electron chi connectivity index (χ0n) is 8.14. The van der Waals surface area contributed by atoms with Gasteiger partial charge in [-0.3, -0.25) is 4.79 Å². The Kier molecular flexibility index (Phi) is 2.58. The second-order valence-corrected chi connectivity index (χ2v) is 3.48. The number of hydrogen-bond donors (Lipinski definition) is 0. The van der Waals surface area contributed by atoms with Gasteiger partial charge in [-0.1, -0.05) is 0 Å². The predicted molar refractivity (Wildman–Crippen MR) is 49.0 cm³/mol. The molecule has 0 spiro atoms. The molecule has 14 heavy (non-hydrogen) atoms. The Balaban J connectivity index is 1.98. The molecule has 1 unspecified atom stereocenters. The van der Waals surface area contributed by atoms with Gasteiger partial charge < -0.3 is 4.74 Å². The highest BCUT2D eigenvalue weighted by Gasteiger charge is 2.17. The Bertz CT molecular complexity index is 329. The number of hydrogen-bond acceptors (Lipinski definition) is 4. The van der Waals surface area contributed by atoms with E-state index in [1.54, 1.807) is 11.0 Å². The van der Waals surface area contributed by atoms with Crippen LogP contribution in [0.1, 0.15) is 30.4 Å². The highest BCUT2D eigenvalue weighted by Crippen LogP contribution is 2.13. The molecule has 0 aliphatic carbocycles. The van der Waals surface area contributed by atoms with Gasteiger partial charge in [-0.2, -0.15) is 0 Å². The largest absolute Gasteiger partial charge is 0.376 e. The third-order valence-electron chi connectivity index (χ3n) is 2.27. The fourth-order valence-electron chi connectivity index (χ4n) is 1.54. The summed E-state index contributed by atoms with van der Waals surface area (Å²) in [4.78, 5) is 14.8. The molecular weight excluding hydrogens is 182 g/mol. The maximum atomic E-state index is 10.9. The second kappa shape index (κ2) is 3.88. The normalized spacial score (nSPS) is 21.4. The van der Waals surface area contributed by atoms with Crippen molar-refractivity contribution in [1.82, 2.24) is 14.8 Å². The summed E-state index contributed by atoms with van der Waals surface area (Å²) in [6.45, 7) is 2.99. The van der Waals surface area contributed by atoms with Crippen LogP contribution in [0.15, 0.2) is 6.33 Å². The molecule has 0 bridgehead atoms. The standard InChI is InChI=1S/C9H13N3O2/c1-7(13)9-10-6-12(11-9)5-8-3-2-4-14-8/h6,8H,2-5H2,1H3. The van der Waals surface area contributed by atoms with E-state index in [1.165, 1.54) is 6.92 Å². The van der Waals surface area contributed by atoms with Crippen LogP contribution in [0, 0.1) is 0 Å². The number of ketones is 1. The van der Waals surface area contributed by atoms with Crippen LogP contribution >= 0.6 is 0 Å². The van der Waals surface area contributed by atoms with Gasteiger partial charge in [-0.05, 0) is 12.8 Å². The molecule has 1 fully saturated rings. The molecule has 1 saturated heterocycles. The molecule has 5 nitrogen and oxygen atoms in total. The van der Waals surface area contributed by atoms with Crippen LogP contribution in [0.4, 0.5) is 0 Å². The second-order valence-electron chi connectivity index (χ2n) is 3.48. The number of ether oxygens (including phenoxy) is 1. The van der Waals surface area contributed by atoms with Crippen molar-refractivity contribution in [1.29, 1.82) is 0 Å². The first-order chi connectivity index (χ1) is 6.75. The van der Waals surface area contributed by atoms with E-state index in [-0.39, 0.29) is 17.7 Å². The first kappa shape index (κ1) is 9.33. The molecular formula is C9H13N3O2.